The summed E-state index contributed by atoms with van der Waals surface area (Å²) in [7, 11) is 0. The van der Waals surface area contributed by atoms with Crippen LogP contribution in [0.25, 0.3) is 10.8 Å². The first-order valence-corrected chi connectivity index (χ1v) is 6.23. The first-order valence-electron chi connectivity index (χ1n) is 6.23. The molecule has 3 rings (SSSR count). The molecule has 0 amide bonds. The minimum Gasteiger partial charge on any atom is -0.355 e. The van der Waals surface area contributed by atoms with Gasteiger partial charge in [0.1, 0.15) is 0 Å². The van der Waals surface area contributed by atoms with E-state index in [-0.39, 0.29) is 11.6 Å². The van der Waals surface area contributed by atoms with Gasteiger partial charge in [-0.15, -0.1) is 0 Å². The molecule has 1 aromatic heterocycles. The van der Waals surface area contributed by atoms with E-state index in [1.807, 2.05) is 24.3 Å². The van der Waals surface area contributed by atoms with E-state index < -0.39 is 0 Å². The fourth-order valence-electron chi connectivity index (χ4n) is 2.45. The zero-order valence-electron chi connectivity index (χ0n) is 10.1. The number of nitrogens with zero attached hydrogens (tertiary/aromatic N) is 2. The number of aromatic nitrogens is 2. The number of H-pyrrole nitrogens is 1. The van der Waals surface area contributed by atoms with Crippen molar-refractivity contribution in [3.8, 4) is 0 Å². The Balaban J connectivity index is 2.07. The van der Waals surface area contributed by atoms with Gasteiger partial charge in [-0.25, -0.2) is 5.10 Å². The Hall–Kier alpha value is -1.88. The topological polar surface area (TPSA) is 75.0 Å². The second-order valence-corrected chi connectivity index (χ2v) is 4.75. The molecule has 5 nitrogen and oxygen atoms in total. The van der Waals surface area contributed by atoms with Crippen LogP contribution in [-0.2, 0) is 0 Å². The number of benzene rings is 1. The van der Waals surface area contributed by atoms with Crippen LogP contribution < -0.4 is 16.2 Å². The summed E-state index contributed by atoms with van der Waals surface area (Å²) in [5.41, 5.74) is 5.77. The molecule has 1 fully saturated rings. The number of aromatic amines is 1. The molecule has 1 aliphatic heterocycles. The number of rotatable bonds is 1. The third-order valence-corrected chi connectivity index (χ3v) is 3.52. The predicted octanol–water partition coefficient (Wildman–Crippen LogP) is 0.851. The molecule has 1 saturated heterocycles. The number of anilines is 1. The second kappa shape index (κ2) is 4.42. The minimum absolute atomic E-state index is 0.136. The molecule has 0 aliphatic carbocycles. The van der Waals surface area contributed by atoms with Crippen molar-refractivity contribution in [1.82, 2.24) is 10.2 Å². The van der Waals surface area contributed by atoms with Gasteiger partial charge in [-0.1, -0.05) is 18.2 Å². The van der Waals surface area contributed by atoms with Crippen molar-refractivity contribution >= 4 is 16.6 Å². The van der Waals surface area contributed by atoms with Crippen LogP contribution in [0.1, 0.15) is 12.8 Å². The lowest BCUT2D eigenvalue weighted by Crippen LogP contribution is -2.40. The summed E-state index contributed by atoms with van der Waals surface area (Å²) >= 11 is 0. The molecule has 94 valence electrons. The van der Waals surface area contributed by atoms with E-state index in [1.165, 1.54) is 0 Å². The smallest absolute Gasteiger partial charge is 0.272 e. The molecule has 0 unspecified atom stereocenters. The second-order valence-electron chi connectivity index (χ2n) is 4.75. The van der Waals surface area contributed by atoms with Crippen LogP contribution in [0.2, 0.25) is 0 Å². The molecule has 5 heteroatoms. The van der Waals surface area contributed by atoms with Gasteiger partial charge in [0.25, 0.3) is 5.56 Å². The summed E-state index contributed by atoms with van der Waals surface area (Å²) in [6.45, 7) is 1.79. The largest absolute Gasteiger partial charge is 0.355 e. The SMILES string of the molecule is NC1CCN(c2n[nH]c(=O)c3ccccc23)CC1. The fourth-order valence-corrected chi connectivity index (χ4v) is 2.45. The van der Waals surface area contributed by atoms with Gasteiger partial charge >= 0.3 is 0 Å². The lowest BCUT2D eigenvalue weighted by Gasteiger charge is -2.31. The van der Waals surface area contributed by atoms with Crippen molar-refractivity contribution < 1.29 is 0 Å². The molecule has 1 aromatic carbocycles. The van der Waals surface area contributed by atoms with E-state index in [0.29, 0.717) is 5.39 Å². The Labute approximate surface area is 105 Å². The van der Waals surface area contributed by atoms with E-state index in [2.05, 4.69) is 15.1 Å². The lowest BCUT2D eigenvalue weighted by molar-refractivity contribution is 0.498. The zero-order valence-corrected chi connectivity index (χ0v) is 10.1. The highest BCUT2D eigenvalue weighted by Crippen LogP contribution is 2.23. The van der Waals surface area contributed by atoms with Gasteiger partial charge in [0, 0.05) is 24.5 Å². The van der Waals surface area contributed by atoms with Crippen molar-refractivity contribution in [2.45, 2.75) is 18.9 Å². The van der Waals surface area contributed by atoms with Gasteiger partial charge in [-0.2, -0.15) is 5.10 Å². The van der Waals surface area contributed by atoms with Crippen molar-refractivity contribution in [3.63, 3.8) is 0 Å². The van der Waals surface area contributed by atoms with Crippen LogP contribution >= 0.6 is 0 Å². The minimum atomic E-state index is -0.136. The van der Waals surface area contributed by atoms with Gasteiger partial charge in [-0.05, 0) is 18.9 Å². The molecule has 0 radical (unpaired) electrons. The van der Waals surface area contributed by atoms with Crippen LogP contribution in [0, 0.1) is 0 Å². The fraction of sp³-hybridized carbons (Fsp3) is 0.385. The predicted molar refractivity (Wildman–Crippen MR) is 71.8 cm³/mol. The van der Waals surface area contributed by atoms with Gasteiger partial charge in [0.15, 0.2) is 5.82 Å². The zero-order chi connectivity index (χ0) is 12.5. The van der Waals surface area contributed by atoms with Crippen molar-refractivity contribution in [2.75, 3.05) is 18.0 Å². The first-order chi connectivity index (χ1) is 8.75. The summed E-state index contributed by atoms with van der Waals surface area (Å²) in [4.78, 5) is 13.9. The van der Waals surface area contributed by atoms with E-state index in [9.17, 15) is 4.79 Å². The number of piperidine rings is 1. The van der Waals surface area contributed by atoms with Crippen molar-refractivity contribution in [2.24, 2.45) is 5.73 Å². The van der Waals surface area contributed by atoms with Gasteiger partial charge < -0.3 is 10.6 Å². The van der Waals surface area contributed by atoms with Crippen LogP contribution in [0.3, 0.4) is 0 Å². The average molecular weight is 244 g/mol. The lowest BCUT2D eigenvalue weighted by atomic mass is 10.1. The first kappa shape index (κ1) is 11.2. The molecule has 18 heavy (non-hydrogen) atoms. The molecule has 2 heterocycles. The Morgan fingerprint density at radius 1 is 1.22 bits per heavy atom. The molecule has 1 aliphatic rings. The quantitative estimate of drug-likeness (QED) is 0.780. The summed E-state index contributed by atoms with van der Waals surface area (Å²) in [6.07, 6.45) is 1.93. The Morgan fingerprint density at radius 3 is 2.61 bits per heavy atom. The summed E-state index contributed by atoms with van der Waals surface area (Å²) in [6, 6.07) is 7.86. The Bertz CT molecular complexity index is 614. The Kier molecular flexibility index (Phi) is 2.76. The maximum atomic E-state index is 11.7. The molecule has 0 bridgehead atoms. The monoisotopic (exact) mass is 244 g/mol. The highest BCUT2D eigenvalue weighted by molar-refractivity contribution is 5.91. The average Bonchev–Trinajstić information content (AvgIpc) is 2.41. The van der Waals surface area contributed by atoms with Crippen LogP contribution in [0.5, 0.6) is 0 Å². The number of hydrogen-bond acceptors (Lipinski definition) is 4. The number of nitrogens with one attached hydrogen (secondary N) is 1. The number of fused-ring (bicyclic) bond motifs is 1. The highest BCUT2D eigenvalue weighted by Gasteiger charge is 2.19. The molecular weight excluding hydrogens is 228 g/mol. The van der Waals surface area contributed by atoms with Crippen LogP contribution in [-0.4, -0.2) is 29.3 Å². The van der Waals surface area contributed by atoms with Gasteiger partial charge in [0.05, 0.1) is 5.39 Å². The Morgan fingerprint density at radius 2 is 1.89 bits per heavy atom. The number of nitrogens with two attached hydrogens (primary N) is 1. The summed E-state index contributed by atoms with van der Waals surface area (Å²) in [5.74, 6) is 0.858. The number of hydrogen-bond donors (Lipinski definition) is 2. The molecule has 0 atom stereocenters. The molecular formula is C13H16N4O. The van der Waals surface area contributed by atoms with Crippen LogP contribution in [0.4, 0.5) is 5.82 Å². The van der Waals surface area contributed by atoms with Crippen LogP contribution in [0.15, 0.2) is 29.1 Å². The molecule has 3 N–H and O–H groups in total. The van der Waals surface area contributed by atoms with Gasteiger partial charge in [0.2, 0.25) is 0 Å². The maximum absolute atomic E-state index is 11.7. The highest BCUT2D eigenvalue weighted by atomic mass is 16.1. The van der Waals surface area contributed by atoms with E-state index >= 15 is 0 Å². The van der Waals surface area contributed by atoms with Crippen molar-refractivity contribution in [3.05, 3.63) is 34.6 Å². The van der Waals surface area contributed by atoms with Crippen molar-refractivity contribution in [1.29, 1.82) is 0 Å². The van der Waals surface area contributed by atoms with E-state index in [1.54, 1.807) is 0 Å². The molecule has 0 saturated carbocycles. The van der Waals surface area contributed by atoms with E-state index in [0.717, 1.165) is 37.1 Å². The summed E-state index contributed by atoms with van der Waals surface area (Å²) in [5, 5.41) is 8.38. The van der Waals surface area contributed by atoms with Gasteiger partial charge in [-0.3, -0.25) is 4.79 Å². The third kappa shape index (κ3) is 1.86. The van der Waals surface area contributed by atoms with E-state index in [4.69, 9.17) is 5.73 Å². The molecule has 0 spiro atoms. The third-order valence-electron chi connectivity index (χ3n) is 3.52. The standard InChI is InChI=1S/C13H16N4O/c14-9-5-7-17(8-6-9)12-10-3-1-2-4-11(10)13(18)16-15-12/h1-4,9H,5-8,14H2,(H,16,18). The maximum Gasteiger partial charge on any atom is 0.272 e. The summed E-state index contributed by atoms with van der Waals surface area (Å²) < 4.78 is 0. The normalized spacial score (nSPS) is 17.3. The molecule has 2 aromatic rings.